The molecule has 102 valence electrons. The van der Waals surface area contributed by atoms with Crippen LogP contribution in [0.4, 0.5) is 0 Å². The van der Waals surface area contributed by atoms with Gasteiger partial charge in [-0.1, -0.05) is 30.3 Å². The van der Waals surface area contributed by atoms with Gasteiger partial charge in [0.2, 0.25) is 0 Å². The third kappa shape index (κ3) is 4.19. The highest BCUT2D eigenvalue weighted by Gasteiger charge is 2.38. The second-order valence-electron chi connectivity index (χ2n) is 4.08. The zero-order chi connectivity index (χ0) is 13.4. The molecule has 0 heterocycles. The lowest BCUT2D eigenvalue weighted by atomic mass is 10.1. The summed E-state index contributed by atoms with van der Waals surface area (Å²) in [5.74, 6) is 0. The maximum absolute atomic E-state index is 6.16. The third-order valence-corrected chi connectivity index (χ3v) is 5.85. The molecule has 0 radical (unpaired) electrons. The first kappa shape index (κ1) is 15.3. The first-order chi connectivity index (χ1) is 8.67. The number of nitrogens with two attached hydrogens (primary N) is 1. The molecule has 1 rings (SSSR count). The van der Waals surface area contributed by atoms with Crippen LogP contribution in [0.2, 0.25) is 6.04 Å². The van der Waals surface area contributed by atoms with Crippen molar-refractivity contribution in [3.8, 4) is 0 Å². The second-order valence-corrected chi connectivity index (χ2v) is 7.05. The summed E-state index contributed by atoms with van der Waals surface area (Å²) in [7, 11) is 0.758. The van der Waals surface area contributed by atoms with Gasteiger partial charge in [0, 0.05) is 32.9 Å². The molecule has 0 aliphatic heterocycles. The Morgan fingerprint density at radius 2 is 1.78 bits per heavy atom. The van der Waals surface area contributed by atoms with Gasteiger partial charge in [-0.25, -0.2) is 0 Å². The molecular weight excluding hydrogens is 246 g/mol. The number of benzene rings is 1. The molecular formula is C13H23NO3Si. The van der Waals surface area contributed by atoms with Crippen molar-refractivity contribution in [3.63, 3.8) is 0 Å². The summed E-state index contributed by atoms with van der Waals surface area (Å²) < 4.78 is 16.6. The minimum absolute atomic E-state index is 0.0103. The molecule has 1 atom stereocenters. The van der Waals surface area contributed by atoms with Crippen LogP contribution in [0.3, 0.4) is 0 Å². The third-order valence-electron chi connectivity index (χ3n) is 2.98. The Morgan fingerprint density at radius 1 is 1.17 bits per heavy atom. The van der Waals surface area contributed by atoms with E-state index in [4.69, 9.17) is 19.0 Å². The molecule has 1 aromatic rings. The maximum Gasteiger partial charge on any atom is 0.500 e. The van der Waals surface area contributed by atoms with Crippen LogP contribution in [0.25, 0.3) is 0 Å². The van der Waals surface area contributed by atoms with E-state index in [1.165, 1.54) is 0 Å². The van der Waals surface area contributed by atoms with Crippen LogP contribution in [0, 0.1) is 0 Å². The van der Waals surface area contributed by atoms with Gasteiger partial charge in [0.1, 0.15) is 0 Å². The molecule has 0 aromatic heterocycles. The summed E-state index contributed by atoms with van der Waals surface area (Å²) in [5, 5.41) is 0. The summed E-state index contributed by atoms with van der Waals surface area (Å²) in [6, 6.07) is 10.8. The lowest BCUT2D eigenvalue weighted by molar-refractivity contribution is 0.103. The minimum Gasteiger partial charge on any atom is -0.377 e. The molecule has 2 N–H and O–H groups in total. The van der Waals surface area contributed by atoms with Gasteiger partial charge in [0.05, 0.1) is 0 Å². The van der Waals surface area contributed by atoms with E-state index in [9.17, 15) is 0 Å². The van der Waals surface area contributed by atoms with Crippen molar-refractivity contribution in [3.05, 3.63) is 35.9 Å². The van der Waals surface area contributed by atoms with E-state index in [2.05, 4.69) is 0 Å². The van der Waals surface area contributed by atoms with Crippen molar-refractivity contribution in [1.82, 2.24) is 0 Å². The highest BCUT2D eigenvalue weighted by atomic mass is 28.4. The fourth-order valence-corrected chi connectivity index (χ4v) is 3.96. The fourth-order valence-electron chi connectivity index (χ4n) is 1.90. The van der Waals surface area contributed by atoms with E-state index in [-0.39, 0.29) is 6.04 Å². The number of hydrogen-bond acceptors (Lipinski definition) is 4. The molecule has 1 aromatic carbocycles. The van der Waals surface area contributed by atoms with Crippen molar-refractivity contribution in [2.75, 3.05) is 20.8 Å². The van der Waals surface area contributed by atoms with Crippen molar-refractivity contribution in [2.45, 2.75) is 25.4 Å². The predicted octanol–water partition coefficient (Wildman–Crippen LogP) is 2.34. The first-order valence-electron chi connectivity index (χ1n) is 6.22. The molecule has 0 spiro atoms. The first-order valence-corrected chi connectivity index (χ1v) is 8.15. The van der Waals surface area contributed by atoms with E-state index in [1.807, 2.05) is 37.3 Å². The smallest absolute Gasteiger partial charge is 0.377 e. The topological polar surface area (TPSA) is 53.7 Å². The van der Waals surface area contributed by atoms with Crippen LogP contribution >= 0.6 is 0 Å². The molecule has 5 heteroatoms. The van der Waals surface area contributed by atoms with Crippen LogP contribution in [0.5, 0.6) is 0 Å². The van der Waals surface area contributed by atoms with Crippen molar-refractivity contribution in [2.24, 2.45) is 5.73 Å². The van der Waals surface area contributed by atoms with Gasteiger partial charge >= 0.3 is 8.80 Å². The number of hydrogen-bond donors (Lipinski definition) is 1. The second kappa shape index (κ2) is 7.65. The van der Waals surface area contributed by atoms with Crippen molar-refractivity contribution < 1.29 is 13.3 Å². The fraction of sp³-hybridized carbons (Fsp3) is 0.538. The summed E-state index contributed by atoms with van der Waals surface area (Å²) in [4.78, 5) is 0. The molecule has 0 saturated heterocycles. The SMILES string of the molecule is CCO[Si](CCC(N)c1ccccc1)(OC)OC. The van der Waals surface area contributed by atoms with Crippen LogP contribution in [-0.2, 0) is 13.3 Å². The monoisotopic (exact) mass is 269 g/mol. The lowest BCUT2D eigenvalue weighted by Crippen LogP contribution is -2.44. The van der Waals surface area contributed by atoms with Gasteiger partial charge in [-0.3, -0.25) is 0 Å². The Kier molecular flexibility index (Phi) is 6.52. The van der Waals surface area contributed by atoms with Gasteiger partial charge in [-0.05, 0) is 18.9 Å². The highest BCUT2D eigenvalue weighted by Crippen LogP contribution is 2.22. The summed E-state index contributed by atoms with van der Waals surface area (Å²) in [6.45, 7) is 2.53. The zero-order valence-electron chi connectivity index (χ0n) is 11.4. The predicted molar refractivity (Wildman–Crippen MR) is 74.2 cm³/mol. The highest BCUT2D eigenvalue weighted by molar-refractivity contribution is 6.60. The van der Waals surface area contributed by atoms with E-state index >= 15 is 0 Å². The van der Waals surface area contributed by atoms with E-state index in [0.717, 1.165) is 18.0 Å². The Labute approximate surface area is 110 Å². The summed E-state index contributed by atoms with van der Waals surface area (Å²) in [6.07, 6.45) is 0.790. The molecule has 0 aliphatic rings. The normalized spacial score (nSPS) is 13.6. The molecule has 0 bridgehead atoms. The van der Waals surface area contributed by atoms with Crippen molar-refractivity contribution in [1.29, 1.82) is 0 Å². The number of rotatable bonds is 8. The summed E-state index contributed by atoms with van der Waals surface area (Å²) in [5.41, 5.74) is 7.29. The quantitative estimate of drug-likeness (QED) is 0.736. The molecule has 0 aliphatic carbocycles. The Hall–Kier alpha value is -0.723. The van der Waals surface area contributed by atoms with Gasteiger partial charge < -0.3 is 19.0 Å². The average molecular weight is 269 g/mol. The van der Waals surface area contributed by atoms with Crippen LogP contribution in [-0.4, -0.2) is 29.6 Å². The molecule has 1 unspecified atom stereocenters. The Morgan fingerprint density at radius 3 is 2.28 bits per heavy atom. The zero-order valence-corrected chi connectivity index (χ0v) is 12.4. The van der Waals surface area contributed by atoms with Gasteiger partial charge in [-0.15, -0.1) is 0 Å². The molecule has 0 saturated carbocycles. The lowest BCUT2D eigenvalue weighted by Gasteiger charge is -2.26. The minimum atomic E-state index is -2.52. The average Bonchev–Trinajstić information content (AvgIpc) is 2.44. The molecule has 0 amide bonds. The largest absolute Gasteiger partial charge is 0.500 e. The molecule has 0 fully saturated rings. The van der Waals surface area contributed by atoms with Crippen LogP contribution in [0.1, 0.15) is 24.9 Å². The Balaban J connectivity index is 2.57. The van der Waals surface area contributed by atoms with E-state index in [0.29, 0.717) is 6.61 Å². The van der Waals surface area contributed by atoms with Gasteiger partial charge in [-0.2, -0.15) is 0 Å². The molecule has 4 nitrogen and oxygen atoms in total. The Bertz CT molecular complexity index is 330. The standard InChI is InChI=1S/C13H23NO3Si/c1-4-17-18(15-2,16-3)11-10-13(14)12-8-6-5-7-9-12/h5-9,13H,4,10-11,14H2,1-3H3. The van der Waals surface area contributed by atoms with Gasteiger partial charge in [0.15, 0.2) is 0 Å². The maximum atomic E-state index is 6.16. The van der Waals surface area contributed by atoms with Crippen LogP contribution < -0.4 is 5.73 Å². The van der Waals surface area contributed by atoms with E-state index < -0.39 is 8.80 Å². The van der Waals surface area contributed by atoms with Crippen LogP contribution in [0.15, 0.2) is 30.3 Å². The summed E-state index contributed by atoms with van der Waals surface area (Å²) >= 11 is 0. The van der Waals surface area contributed by atoms with Crippen molar-refractivity contribution >= 4 is 8.80 Å². The van der Waals surface area contributed by atoms with E-state index in [1.54, 1.807) is 14.2 Å². The van der Waals surface area contributed by atoms with Gasteiger partial charge in [0.25, 0.3) is 0 Å². The molecule has 18 heavy (non-hydrogen) atoms.